The molecule has 5 heteroatoms. The van der Waals surface area contributed by atoms with E-state index in [0.717, 1.165) is 0 Å². The van der Waals surface area contributed by atoms with Crippen LogP contribution in [0.1, 0.15) is 6.42 Å². The predicted octanol–water partition coefficient (Wildman–Crippen LogP) is -1.16. The van der Waals surface area contributed by atoms with Crippen LogP contribution in [-0.4, -0.2) is 17.1 Å². The quantitative estimate of drug-likeness (QED) is 0.377. The molecule has 9 heavy (non-hydrogen) atoms. The van der Waals surface area contributed by atoms with Gasteiger partial charge < -0.3 is 0 Å². The average molecular weight is 146 g/mol. The molecular formula is C4H6N2O2S. The molecule has 0 aliphatic carbocycles. The number of amides is 2. The van der Waals surface area contributed by atoms with Gasteiger partial charge in [-0.25, -0.2) is 0 Å². The maximum atomic E-state index is 10.5. The van der Waals surface area contributed by atoms with Crippen LogP contribution in [0.25, 0.3) is 0 Å². The summed E-state index contributed by atoms with van der Waals surface area (Å²) >= 11 is 3.84. The third-order valence-electron chi connectivity index (χ3n) is 1.01. The second-order valence-corrected chi connectivity index (χ2v) is 2.38. The Labute approximate surface area is 57.4 Å². The maximum Gasteiger partial charge on any atom is 0.251 e. The summed E-state index contributed by atoms with van der Waals surface area (Å²) in [6, 6.07) is 0. The van der Waals surface area contributed by atoms with E-state index in [-0.39, 0.29) is 18.2 Å². The van der Waals surface area contributed by atoms with Crippen LogP contribution in [0.3, 0.4) is 0 Å². The zero-order valence-electron chi connectivity index (χ0n) is 4.55. The lowest BCUT2D eigenvalue weighted by atomic mass is 10.2. The van der Waals surface area contributed by atoms with E-state index < -0.39 is 5.25 Å². The van der Waals surface area contributed by atoms with Crippen molar-refractivity contribution in [3.63, 3.8) is 0 Å². The fraction of sp³-hybridized carbons (Fsp3) is 0.500. The number of hydrazine groups is 1. The molecule has 1 unspecified atom stereocenters. The van der Waals surface area contributed by atoms with Gasteiger partial charge in [0.2, 0.25) is 5.91 Å². The Balaban J connectivity index is 2.54. The van der Waals surface area contributed by atoms with Crippen LogP contribution in [0.4, 0.5) is 0 Å². The standard InChI is InChI=1S/C4H6N2O2S/c7-3-1-2(9)4(8)6-5-3/h2,9H,1H2,(H,5,7)(H,6,8). The lowest BCUT2D eigenvalue weighted by molar-refractivity contribution is -0.133. The Morgan fingerprint density at radius 1 is 1.44 bits per heavy atom. The molecule has 0 aromatic rings. The van der Waals surface area contributed by atoms with Crippen molar-refractivity contribution in [1.29, 1.82) is 0 Å². The van der Waals surface area contributed by atoms with E-state index >= 15 is 0 Å². The number of carbonyl (C=O) groups excluding carboxylic acids is 2. The second kappa shape index (κ2) is 2.26. The zero-order chi connectivity index (χ0) is 6.85. The first-order chi connectivity index (χ1) is 4.20. The average Bonchev–Trinajstić information content (AvgIpc) is 1.80. The fourth-order valence-corrected chi connectivity index (χ4v) is 0.764. The minimum Gasteiger partial charge on any atom is -0.273 e. The Morgan fingerprint density at radius 2 is 2.11 bits per heavy atom. The Morgan fingerprint density at radius 3 is 2.56 bits per heavy atom. The minimum absolute atomic E-state index is 0.162. The lowest BCUT2D eigenvalue weighted by Crippen LogP contribution is -2.51. The third kappa shape index (κ3) is 1.35. The van der Waals surface area contributed by atoms with Crippen LogP contribution in [0.15, 0.2) is 0 Å². The van der Waals surface area contributed by atoms with Gasteiger partial charge in [0.25, 0.3) is 5.91 Å². The summed E-state index contributed by atoms with van der Waals surface area (Å²) in [5.41, 5.74) is 4.34. The van der Waals surface area contributed by atoms with E-state index in [4.69, 9.17) is 0 Å². The molecule has 50 valence electrons. The van der Waals surface area contributed by atoms with Crippen molar-refractivity contribution in [3.8, 4) is 0 Å². The molecule has 0 saturated carbocycles. The second-order valence-electron chi connectivity index (χ2n) is 1.76. The summed E-state index contributed by atoms with van der Waals surface area (Å²) in [5.74, 6) is -0.451. The number of carbonyl (C=O) groups is 2. The molecule has 0 radical (unpaired) electrons. The van der Waals surface area contributed by atoms with E-state index in [2.05, 4.69) is 23.5 Å². The number of nitrogens with one attached hydrogen (secondary N) is 2. The smallest absolute Gasteiger partial charge is 0.251 e. The summed E-state index contributed by atoms with van der Waals surface area (Å²) in [7, 11) is 0. The van der Waals surface area contributed by atoms with Gasteiger partial charge in [-0.2, -0.15) is 12.6 Å². The summed E-state index contributed by atoms with van der Waals surface area (Å²) in [6.07, 6.45) is 0.162. The monoisotopic (exact) mass is 146 g/mol. The molecule has 0 bridgehead atoms. The molecule has 0 spiro atoms. The van der Waals surface area contributed by atoms with Gasteiger partial charge in [0.1, 0.15) is 0 Å². The maximum absolute atomic E-state index is 10.5. The topological polar surface area (TPSA) is 58.2 Å². The van der Waals surface area contributed by atoms with Crippen LogP contribution >= 0.6 is 12.6 Å². The first-order valence-corrected chi connectivity index (χ1v) is 2.98. The Kier molecular flexibility index (Phi) is 1.61. The predicted molar refractivity (Wildman–Crippen MR) is 33.7 cm³/mol. The van der Waals surface area contributed by atoms with Gasteiger partial charge in [-0.15, -0.1) is 0 Å². The van der Waals surface area contributed by atoms with Crippen molar-refractivity contribution in [2.45, 2.75) is 11.7 Å². The molecule has 1 fully saturated rings. The highest BCUT2D eigenvalue weighted by Gasteiger charge is 2.22. The van der Waals surface area contributed by atoms with Crippen molar-refractivity contribution < 1.29 is 9.59 Å². The summed E-state index contributed by atoms with van der Waals surface area (Å²) in [6.45, 7) is 0. The number of thiol groups is 1. The number of hydrogen-bond donors (Lipinski definition) is 3. The fourth-order valence-electron chi connectivity index (χ4n) is 0.534. The lowest BCUT2D eigenvalue weighted by Gasteiger charge is -2.17. The van der Waals surface area contributed by atoms with Crippen LogP contribution in [0.2, 0.25) is 0 Å². The highest BCUT2D eigenvalue weighted by molar-refractivity contribution is 7.81. The van der Waals surface area contributed by atoms with Crippen molar-refractivity contribution >= 4 is 24.4 Å². The molecule has 1 heterocycles. The normalized spacial score (nSPS) is 27.0. The SMILES string of the molecule is O=C1CC(S)C(=O)NN1. The van der Waals surface area contributed by atoms with E-state index in [1.807, 2.05) is 0 Å². The van der Waals surface area contributed by atoms with E-state index in [1.165, 1.54) is 0 Å². The zero-order valence-corrected chi connectivity index (χ0v) is 5.44. The van der Waals surface area contributed by atoms with Crippen molar-refractivity contribution in [2.24, 2.45) is 0 Å². The van der Waals surface area contributed by atoms with Crippen LogP contribution in [0, 0.1) is 0 Å². The first kappa shape index (κ1) is 6.41. The van der Waals surface area contributed by atoms with E-state index in [1.54, 1.807) is 0 Å². The van der Waals surface area contributed by atoms with Gasteiger partial charge in [-0.3, -0.25) is 20.4 Å². The molecular weight excluding hydrogens is 140 g/mol. The molecule has 2 N–H and O–H groups in total. The summed E-state index contributed by atoms with van der Waals surface area (Å²) in [5, 5.41) is -0.487. The molecule has 0 aromatic carbocycles. The van der Waals surface area contributed by atoms with Gasteiger partial charge in [0, 0.05) is 6.42 Å². The summed E-state index contributed by atoms with van der Waals surface area (Å²) < 4.78 is 0. The van der Waals surface area contributed by atoms with Gasteiger partial charge in [-0.05, 0) is 0 Å². The molecule has 1 saturated heterocycles. The summed E-state index contributed by atoms with van der Waals surface area (Å²) in [4.78, 5) is 21.0. The van der Waals surface area contributed by atoms with Crippen molar-refractivity contribution in [3.05, 3.63) is 0 Å². The molecule has 4 nitrogen and oxygen atoms in total. The molecule has 2 amide bonds. The largest absolute Gasteiger partial charge is 0.273 e. The van der Waals surface area contributed by atoms with Crippen molar-refractivity contribution in [1.82, 2.24) is 10.9 Å². The van der Waals surface area contributed by atoms with Crippen molar-refractivity contribution in [2.75, 3.05) is 0 Å². The molecule has 1 rings (SSSR count). The minimum atomic E-state index is -0.487. The first-order valence-electron chi connectivity index (χ1n) is 2.47. The van der Waals surface area contributed by atoms with Gasteiger partial charge in [0.15, 0.2) is 0 Å². The van der Waals surface area contributed by atoms with Crippen LogP contribution in [0.5, 0.6) is 0 Å². The number of rotatable bonds is 0. The van der Waals surface area contributed by atoms with Gasteiger partial charge >= 0.3 is 0 Å². The number of hydrogen-bond acceptors (Lipinski definition) is 3. The van der Waals surface area contributed by atoms with Crippen LogP contribution < -0.4 is 10.9 Å². The third-order valence-corrected chi connectivity index (χ3v) is 1.42. The molecule has 1 atom stereocenters. The van der Waals surface area contributed by atoms with E-state index in [0.29, 0.717) is 0 Å². The Hall–Kier alpha value is -0.710. The molecule has 1 aliphatic rings. The molecule has 0 aromatic heterocycles. The highest BCUT2D eigenvalue weighted by Crippen LogP contribution is 2.03. The van der Waals surface area contributed by atoms with Crippen LogP contribution in [-0.2, 0) is 9.59 Å². The Bertz CT molecular complexity index is 159. The van der Waals surface area contributed by atoms with Gasteiger partial charge in [0.05, 0.1) is 5.25 Å². The van der Waals surface area contributed by atoms with E-state index in [9.17, 15) is 9.59 Å². The molecule has 1 aliphatic heterocycles. The van der Waals surface area contributed by atoms with Gasteiger partial charge in [-0.1, -0.05) is 0 Å². The highest BCUT2D eigenvalue weighted by atomic mass is 32.1.